The minimum Gasteiger partial charge on any atom is -0.792 e. The third kappa shape index (κ3) is 3.67. The summed E-state index contributed by atoms with van der Waals surface area (Å²) in [5.74, 6) is 0.823. The molecule has 0 bridgehead atoms. The Bertz CT molecular complexity index is 162. The second-order valence-corrected chi connectivity index (χ2v) is 2.35. The molecule has 0 aliphatic heterocycles. The maximum Gasteiger partial charge on any atom is 1.00 e. The quantitative estimate of drug-likeness (QED) is 0.386. The minimum absolute atomic E-state index is 0. The molecule has 0 saturated heterocycles. The van der Waals surface area contributed by atoms with Crippen molar-refractivity contribution in [2.24, 2.45) is 0 Å². The third-order valence-electron chi connectivity index (χ3n) is 1.23. The van der Waals surface area contributed by atoms with E-state index in [1.807, 2.05) is 18.2 Å². The van der Waals surface area contributed by atoms with Gasteiger partial charge in [0.15, 0.2) is 0 Å². The molecule has 0 aromatic heterocycles. The number of benzene rings is 1. The molecule has 0 saturated carbocycles. The van der Waals surface area contributed by atoms with Crippen molar-refractivity contribution in [1.29, 1.82) is 0 Å². The van der Waals surface area contributed by atoms with E-state index >= 15 is 0 Å². The molecule has 0 unspecified atom stereocenters. The van der Waals surface area contributed by atoms with E-state index < -0.39 is 0 Å². The molecule has 0 nitrogen and oxygen atoms in total. The van der Waals surface area contributed by atoms with E-state index in [-0.39, 0.29) is 29.6 Å². The van der Waals surface area contributed by atoms with Gasteiger partial charge in [-0.15, -0.1) is 0 Å². The van der Waals surface area contributed by atoms with Crippen LogP contribution in [0.2, 0.25) is 0 Å². The van der Waals surface area contributed by atoms with Crippen LogP contribution in [0.15, 0.2) is 30.3 Å². The number of hydrogen-bond donors (Lipinski definition) is 0. The van der Waals surface area contributed by atoms with Gasteiger partial charge in [-0.25, -0.2) is 0 Å². The van der Waals surface area contributed by atoms with Crippen LogP contribution in [0.5, 0.6) is 0 Å². The predicted octanol–water partition coefficient (Wildman–Crippen LogP) is -1.22. The molecule has 1 aromatic rings. The van der Waals surface area contributed by atoms with Crippen molar-refractivity contribution in [2.75, 3.05) is 5.75 Å². The molecule has 0 fully saturated rings. The van der Waals surface area contributed by atoms with Crippen molar-refractivity contribution in [3.05, 3.63) is 35.9 Å². The Kier molecular flexibility index (Phi) is 6.65. The molecule has 2 heteroatoms. The zero-order valence-electron chi connectivity index (χ0n) is 6.21. The Balaban J connectivity index is 0.000000810. The summed E-state index contributed by atoms with van der Waals surface area (Å²) in [6, 6.07) is 10.3. The van der Waals surface area contributed by atoms with Crippen LogP contribution in [-0.2, 0) is 19.0 Å². The first-order valence-electron chi connectivity index (χ1n) is 3.05. The van der Waals surface area contributed by atoms with Gasteiger partial charge in [0.1, 0.15) is 0 Å². The smallest absolute Gasteiger partial charge is 0.792 e. The maximum atomic E-state index is 4.83. The van der Waals surface area contributed by atoms with Crippen LogP contribution in [0.4, 0.5) is 0 Å². The summed E-state index contributed by atoms with van der Waals surface area (Å²) in [7, 11) is 0. The molecular weight excluding hydrogens is 151 g/mol. The monoisotopic (exact) mass is 160 g/mol. The zero-order valence-corrected chi connectivity index (χ0v) is 9.03. The van der Waals surface area contributed by atoms with Crippen molar-refractivity contribution in [3.8, 4) is 0 Å². The molecular formula is C8H9NaS. The Morgan fingerprint density at radius 3 is 2.20 bits per heavy atom. The van der Waals surface area contributed by atoms with Gasteiger partial charge in [-0.3, -0.25) is 0 Å². The zero-order chi connectivity index (χ0) is 6.53. The van der Waals surface area contributed by atoms with E-state index in [4.69, 9.17) is 12.6 Å². The number of hydrogen-bond acceptors (Lipinski definition) is 1. The predicted molar refractivity (Wildman–Crippen MR) is 42.4 cm³/mol. The molecule has 1 rings (SSSR count). The molecule has 10 heavy (non-hydrogen) atoms. The van der Waals surface area contributed by atoms with Gasteiger partial charge in [-0.1, -0.05) is 30.3 Å². The molecule has 0 heterocycles. The molecule has 0 atom stereocenters. The van der Waals surface area contributed by atoms with E-state index in [0.717, 1.165) is 12.2 Å². The summed E-state index contributed by atoms with van der Waals surface area (Å²) >= 11 is 4.83. The molecule has 48 valence electrons. The molecule has 0 aliphatic rings. The van der Waals surface area contributed by atoms with Crippen LogP contribution in [0.25, 0.3) is 0 Å². The fourth-order valence-corrected chi connectivity index (χ4v) is 0.998. The normalized spacial score (nSPS) is 8.50. The van der Waals surface area contributed by atoms with Crippen LogP contribution < -0.4 is 29.6 Å². The Morgan fingerprint density at radius 2 is 1.70 bits per heavy atom. The molecule has 0 aliphatic carbocycles. The Labute approximate surface area is 89.7 Å². The topological polar surface area (TPSA) is 0 Å². The summed E-state index contributed by atoms with van der Waals surface area (Å²) in [6.45, 7) is 0. The van der Waals surface area contributed by atoms with Crippen LogP contribution in [0.3, 0.4) is 0 Å². The second-order valence-electron chi connectivity index (χ2n) is 1.94. The van der Waals surface area contributed by atoms with Crippen molar-refractivity contribution >= 4 is 12.6 Å². The fraction of sp³-hybridized carbons (Fsp3) is 0.250. The molecule has 0 amide bonds. The van der Waals surface area contributed by atoms with Gasteiger partial charge < -0.3 is 12.6 Å². The van der Waals surface area contributed by atoms with Crippen molar-refractivity contribution in [3.63, 3.8) is 0 Å². The molecule has 0 radical (unpaired) electrons. The number of rotatable bonds is 2. The van der Waals surface area contributed by atoms with Gasteiger partial charge in [0.05, 0.1) is 0 Å². The van der Waals surface area contributed by atoms with Crippen molar-refractivity contribution in [1.82, 2.24) is 0 Å². The molecule has 0 spiro atoms. The van der Waals surface area contributed by atoms with Gasteiger partial charge in [-0.2, -0.15) is 5.75 Å². The van der Waals surface area contributed by atoms with Crippen LogP contribution in [0, 0.1) is 0 Å². The fourth-order valence-electron chi connectivity index (χ4n) is 0.763. The summed E-state index contributed by atoms with van der Waals surface area (Å²) in [4.78, 5) is 0. The van der Waals surface area contributed by atoms with Gasteiger partial charge in [-0.05, 0) is 12.0 Å². The first-order chi connectivity index (χ1) is 4.43. The van der Waals surface area contributed by atoms with E-state index in [9.17, 15) is 0 Å². The van der Waals surface area contributed by atoms with Crippen LogP contribution >= 0.6 is 0 Å². The summed E-state index contributed by atoms with van der Waals surface area (Å²) in [6.07, 6.45) is 1.02. The van der Waals surface area contributed by atoms with Crippen molar-refractivity contribution < 1.29 is 29.6 Å². The largest absolute Gasteiger partial charge is 1.00 e. The van der Waals surface area contributed by atoms with Crippen LogP contribution in [0.1, 0.15) is 5.56 Å². The Hall–Kier alpha value is 0.570. The van der Waals surface area contributed by atoms with E-state index in [0.29, 0.717) is 0 Å². The average Bonchev–Trinajstić information content (AvgIpc) is 1.91. The van der Waals surface area contributed by atoms with Crippen LogP contribution in [-0.4, -0.2) is 5.75 Å². The summed E-state index contributed by atoms with van der Waals surface area (Å²) in [5, 5.41) is 0. The molecule has 0 N–H and O–H groups in total. The maximum absolute atomic E-state index is 4.83. The van der Waals surface area contributed by atoms with Crippen molar-refractivity contribution in [2.45, 2.75) is 6.42 Å². The first kappa shape index (κ1) is 10.6. The molecule has 1 aromatic carbocycles. The van der Waals surface area contributed by atoms with Gasteiger partial charge in [0.2, 0.25) is 0 Å². The Morgan fingerprint density at radius 1 is 1.10 bits per heavy atom. The van der Waals surface area contributed by atoms with E-state index in [1.165, 1.54) is 5.56 Å². The second kappa shape index (κ2) is 6.29. The number of aryl methyl sites for hydroxylation is 1. The standard InChI is InChI=1S/C8H10S.Na/c9-7-6-8-4-2-1-3-5-8;/h1-5,9H,6-7H2;/q;+1/p-1. The summed E-state index contributed by atoms with van der Waals surface area (Å²) < 4.78 is 0. The third-order valence-corrected chi connectivity index (χ3v) is 1.44. The summed E-state index contributed by atoms with van der Waals surface area (Å²) in [5.41, 5.74) is 1.34. The van der Waals surface area contributed by atoms with Gasteiger partial charge in [0.25, 0.3) is 0 Å². The van der Waals surface area contributed by atoms with E-state index in [2.05, 4.69) is 12.1 Å². The van der Waals surface area contributed by atoms with E-state index in [1.54, 1.807) is 0 Å². The SMILES string of the molecule is [Na+].[S-]CCc1ccccc1. The average molecular weight is 160 g/mol. The van der Waals surface area contributed by atoms with Gasteiger partial charge >= 0.3 is 29.6 Å². The first-order valence-corrected chi connectivity index (χ1v) is 3.63. The van der Waals surface area contributed by atoms with Gasteiger partial charge in [0, 0.05) is 0 Å². The minimum atomic E-state index is 0.